The molecule has 4 heteroatoms. The third-order valence-electron chi connectivity index (χ3n) is 9.39. The van der Waals surface area contributed by atoms with Crippen molar-refractivity contribution in [1.29, 1.82) is 0 Å². The molecular formula is C44H26N4. The molecular weight excluding hydrogens is 585 g/mol. The van der Waals surface area contributed by atoms with Gasteiger partial charge in [0.15, 0.2) is 0 Å². The van der Waals surface area contributed by atoms with Crippen LogP contribution < -0.4 is 0 Å². The van der Waals surface area contributed by atoms with Crippen LogP contribution in [-0.4, -0.2) is 9.13 Å². The molecule has 0 radical (unpaired) electrons. The van der Waals surface area contributed by atoms with E-state index in [0.717, 1.165) is 66.5 Å². The number of rotatable bonds is 4. The summed E-state index contributed by atoms with van der Waals surface area (Å²) in [5.41, 5.74) is 11.3. The van der Waals surface area contributed by atoms with Crippen LogP contribution in [0.3, 0.4) is 0 Å². The van der Waals surface area contributed by atoms with E-state index < -0.39 is 0 Å². The molecule has 0 aliphatic rings. The minimum atomic E-state index is 0.620. The second-order valence-corrected chi connectivity index (χ2v) is 11.9. The van der Waals surface area contributed by atoms with Crippen LogP contribution >= 0.6 is 0 Å². The van der Waals surface area contributed by atoms with Crippen LogP contribution in [-0.2, 0) is 0 Å². The SMILES string of the molecule is [C-]#[N+]c1c(-c2ccc(-c3ccccc3-n3c4ccccc4c4cccc([N+]#[C-])c43)cc2)cccc1-n1c2ccccc2c2ccccc21. The van der Waals surface area contributed by atoms with Gasteiger partial charge < -0.3 is 9.13 Å². The van der Waals surface area contributed by atoms with Gasteiger partial charge >= 0.3 is 0 Å². The number of hydrogen-bond acceptors (Lipinski definition) is 0. The van der Waals surface area contributed by atoms with Crippen LogP contribution in [0.15, 0.2) is 158 Å². The highest BCUT2D eigenvalue weighted by Crippen LogP contribution is 2.43. The van der Waals surface area contributed by atoms with Crippen molar-refractivity contribution in [2.45, 2.75) is 0 Å². The van der Waals surface area contributed by atoms with E-state index in [1.54, 1.807) is 0 Å². The zero-order valence-corrected chi connectivity index (χ0v) is 25.8. The molecule has 9 aromatic rings. The van der Waals surface area contributed by atoms with E-state index in [1.807, 2.05) is 30.3 Å². The maximum absolute atomic E-state index is 8.33. The Bertz CT molecular complexity index is 2750. The monoisotopic (exact) mass is 610 g/mol. The molecule has 7 aromatic carbocycles. The van der Waals surface area contributed by atoms with E-state index in [9.17, 15) is 0 Å². The first kappa shape index (κ1) is 27.4. The van der Waals surface area contributed by atoms with E-state index in [0.29, 0.717) is 11.4 Å². The van der Waals surface area contributed by atoms with Crippen molar-refractivity contribution in [1.82, 2.24) is 9.13 Å². The Morgan fingerprint density at radius 2 is 0.854 bits per heavy atom. The largest absolute Gasteiger partial charge is 0.319 e. The van der Waals surface area contributed by atoms with Gasteiger partial charge in [0, 0.05) is 21.7 Å². The zero-order valence-electron chi connectivity index (χ0n) is 25.8. The maximum Gasteiger partial charge on any atom is 0.218 e. The summed E-state index contributed by atoms with van der Waals surface area (Å²) < 4.78 is 4.45. The smallest absolute Gasteiger partial charge is 0.218 e. The van der Waals surface area contributed by atoms with E-state index in [4.69, 9.17) is 13.1 Å². The summed E-state index contributed by atoms with van der Waals surface area (Å²) in [6, 6.07) is 54.1. The molecule has 2 heterocycles. The molecule has 9 rings (SSSR count). The molecule has 0 aliphatic carbocycles. The van der Waals surface area contributed by atoms with Gasteiger partial charge in [-0.2, -0.15) is 0 Å². The van der Waals surface area contributed by atoms with Crippen molar-refractivity contribution in [2.75, 3.05) is 0 Å². The molecule has 0 saturated carbocycles. The second-order valence-electron chi connectivity index (χ2n) is 11.9. The van der Waals surface area contributed by atoms with Crippen LogP contribution in [0, 0.1) is 13.1 Å². The fraction of sp³-hybridized carbons (Fsp3) is 0. The van der Waals surface area contributed by atoms with Gasteiger partial charge in [0.05, 0.1) is 46.6 Å². The molecule has 222 valence electrons. The Kier molecular flexibility index (Phi) is 6.22. The summed E-state index contributed by atoms with van der Waals surface area (Å²) in [4.78, 5) is 8.03. The molecule has 0 saturated heterocycles. The fourth-order valence-electron chi connectivity index (χ4n) is 7.33. The summed E-state index contributed by atoms with van der Waals surface area (Å²) in [6.45, 7) is 16.3. The molecule has 0 fully saturated rings. The van der Waals surface area contributed by atoms with Gasteiger partial charge in [-0.05, 0) is 52.4 Å². The van der Waals surface area contributed by atoms with Gasteiger partial charge in [-0.25, -0.2) is 9.69 Å². The standard InChI is InChI=1S/C44H26N4/c1-45-37-19-11-18-36-35-16-6-10-23-41(35)48(44(36)37)38-20-7-3-13-31(38)29-25-27-30(28-26-29)32-17-12-24-42(43(32)46-2)47-39-21-8-4-14-33(39)34-15-5-9-22-40(34)47/h3-28H. The quantitative estimate of drug-likeness (QED) is 0.177. The number of hydrogen-bond donors (Lipinski definition) is 0. The lowest BCUT2D eigenvalue weighted by Crippen LogP contribution is -1.97. The van der Waals surface area contributed by atoms with Gasteiger partial charge in [0.1, 0.15) is 0 Å². The first-order valence-corrected chi connectivity index (χ1v) is 15.9. The molecule has 0 aliphatic heterocycles. The first-order valence-electron chi connectivity index (χ1n) is 15.9. The number of aromatic nitrogens is 2. The summed E-state index contributed by atoms with van der Waals surface area (Å²) in [7, 11) is 0. The molecule has 0 atom stereocenters. The predicted octanol–water partition coefficient (Wildman–Crippen LogP) is 12.3. The Morgan fingerprint density at radius 3 is 1.50 bits per heavy atom. The van der Waals surface area contributed by atoms with Gasteiger partial charge in [-0.1, -0.05) is 127 Å². The van der Waals surface area contributed by atoms with E-state index in [2.05, 4.69) is 146 Å². The summed E-state index contributed by atoms with van der Waals surface area (Å²) in [5.74, 6) is 0. The van der Waals surface area contributed by atoms with E-state index in [1.165, 1.54) is 10.8 Å². The normalized spacial score (nSPS) is 11.3. The van der Waals surface area contributed by atoms with Crippen molar-refractivity contribution in [2.24, 2.45) is 0 Å². The van der Waals surface area contributed by atoms with Crippen molar-refractivity contribution in [3.8, 4) is 33.6 Å². The van der Waals surface area contributed by atoms with Gasteiger partial charge in [-0.15, -0.1) is 0 Å². The number of para-hydroxylation sites is 6. The molecule has 2 aromatic heterocycles. The minimum Gasteiger partial charge on any atom is -0.319 e. The predicted molar refractivity (Wildman–Crippen MR) is 199 cm³/mol. The Hall–Kier alpha value is -6.88. The van der Waals surface area contributed by atoms with E-state index >= 15 is 0 Å². The number of nitrogens with zero attached hydrogens (tertiary/aromatic N) is 4. The lowest BCUT2D eigenvalue weighted by Gasteiger charge is -2.16. The van der Waals surface area contributed by atoms with E-state index in [-0.39, 0.29) is 0 Å². The highest BCUT2D eigenvalue weighted by Gasteiger charge is 2.19. The third-order valence-corrected chi connectivity index (χ3v) is 9.39. The molecule has 0 amide bonds. The van der Waals surface area contributed by atoms with Crippen molar-refractivity contribution in [3.63, 3.8) is 0 Å². The molecule has 4 nitrogen and oxygen atoms in total. The molecule has 0 unspecified atom stereocenters. The topological polar surface area (TPSA) is 18.6 Å². The second kappa shape index (κ2) is 10.9. The maximum atomic E-state index is 8.33. The van der Waals surface area contributed by atoms with Crippen LogP contribution in [0.25, 0.3) is 86.9 Å². The van der Waals surface area contributed by atoms with Gasteiger partial charge in [-0.3, -0.25) is 0 Å². The van der Waals surface area contributed by atoms with Crippen molar-refractivity contribution < 1.29 is 0 Å². The van der Waals surface area contributed by atoms with Crippen LogP contribution in [0.1, 0.15) is 0 Å². The highest BCUT2D eigenvalue weighted by atomic mass is 15.0. The molecule has 0 N–H and O–H groups in total. The molecule has 0 bridgehead atoms. The van der Waals surface area contributed by atoms with Crippen LogP contribution in [0.5, 0.6) is 0 Å². The van der Waals surface area contributed by atoms with Crippen LogP contribution in [0.2, 0.25) is 0 Å². The third kappa shape index (κ3) is 4.01. The Morgan fingerprint density at radius 1 is 0.375 bits per heavy atom. The zero-order chi connectivity index (χ0) is 32.2. The molecule has 0 spiro atoms. The van der Waals surface area contributed by atoms with Crippen LogP contribution in [0.4, 0.5) is 11.4 Å². The highest BCUT2D eigenvalue weighted by molar-refractivity contribution is 6.14. The number of benzene rings is 7. The van der Waals surface area contributed by atoms with Crippen molar-refractivity contribution in [3.05, 3.63) is 181 Å². The minimum absolute atomic E-state index is 0.620. The summed E-state index contributed by atoms with van der Waals surface area (Å²) >= 11 is 0. The Balaban J connectivity index is 1.20. The Labute approximate surface area is 277 Å². The summed E-state index contributed by atoms with van der Waals surface area (Å²) in [6.07, 6.45) is 0. The summed E-state index contributed by atoms with van der Waals surface area (Å²) in [5, 5.41) is 4.53. The van der Waals surface area contributed by atoms with Crippen molar-refractivity contribution >= 4 is 55.0 Å². The van der Waals surface area contributed by atoms with Gasteiger partial charge in [0.2, 0.25) is 11.4 Å². The lowest BCUT2D eigenvalue weighted by atomic mass is 9.97. The molecule has 48 heavy (non-hydrogen) atoms. The fourth-order valence-corrected chi connectivity index (χ4v) is 7.33. The van der Waals surface area contributed by atoms with Gasteiger partial charge in [0.25, 0.3) is 0 Å². The number of fused-ring (bicyclic) bond motifs is 6. The average Bonchev–Trinajstić information content (AvgIpc) is 3.68. The average molecular weight is 611 g/mol. The lowest BCUT2D eigenvalue weighted by molar-refractivity contribution is 1.18. The first-order chi connectivity index (χ1) is 23.8.